The van der Waals surface area contributed by atoms with Gasteiger partial charge >= 0.3 is 22.1 Å². The molecule has 114 valence electrons. The van der Waals surface area contributed by atoms with Gasteiger partial charge < -0.3 is 9.29 Å². The molecule has 2 aromatic rings. The SMILES string of the molecule is CS(=O)(=O)OC(=O)c1ccc(-c2ccc(C(=O)O)cc2)cc1. The zero-order valence-corrected chi connectivity index (χ0v) is 12.3. The van der Waals surface area contributed by atoms with Gasteiger partial charge in [-0.2, -0.15) is 8.42 Å². The van der Waals surface area contributed by atoms with Gasteiger partial charge in [0.1, 0.15) is 0 Å². The van der Waals surface area contributed by atoms with Gasteiger partial charge in [-0.3, -0.25) is 0 Å². The molecular weight excluding hydrogens is 308 g/mol. The number of hydrogen-bond acceptors (Lipinski definition) is 5. The Bertz CT molecular complexity index is 804. The molecule has 0 spiro atoms. The van der Waals surface area contributed by atoms with Crippen LogP contribution in [-0.4, -0.2) is 31.7 Å². The van der Waals surface area contributed by atoms with Crippen LogP contribution in [0.15, 0.2) is 48.5 Å². The van der Waals surface area contributed by atoms with Crippen molar-refractivity contribution >= 4 is 22.1 Å². The predicted octanol–water partition coefficient (Wildman–Crippen LogP) is 2.17. The molecule has 0 fully saturated rings. The first-order valence-corrected chi connectivity index (χ1v) is 7.95. The van der Waals surface area contributed by atoms with Gasteiger partial charge in [-0.25, -0.2) is 9.59 Å². The standard InChI is InChI=1S/C15H12O6S/c1-22(19,20)21-15(18)13-8-4-11(5-9-13)10-2-6-12(7-3-10)14(16)17/h2-9H,1H3,(H,16,17). The van der Waals surface area contributed by atoms with Gasteiger partial charge in [-0.15, -0.1) is 0 Å². The molecule has 0 amide bonds. The van der Waals surface area contributed by atoms with Gasteiger partial charge in [0.05, 0.1) is 17.4 Å². The largest absolute Gasteiger partial charge is 0.478 e. The quantitative estimate of drug-likeness (QED) is 0.867. The maximum Gasteiger partial charge on any atom is 0.353 e. The number of hydrogen-bond donors (Lipinski definition) is 1. The second kappa shape index (κ2) is 5.98. The van der Waals surface area contributed by atoms with Crippen molar-refractivity contribution in [2.75, 3.05) is 6.26 Å². The summed E-state index contributed by atoms with van der Waals surface area (Å²) in [5.74, 6) is -1.96. The minimum Gasteiger partial charge on any atom is -0.478 e. The summed E-state index contributed by atoms with van der Waals surface area (Å²) in [4.78, 5) is 22.3. The molecule has 0 saturated carbocycles. The molecule has 0 aliphatic carbocycles. The van der Waals surface area contributed by atoms with Gasteiger partial charge in [-0.1, -0.05) is 24.3 Å². The Morgan fingerprint density at radius 2 is 1.27 bits per heavy atom. The Morgan fingerprint density at radius 1 is 0.864 bits per heavy atom. The average molecular weight is 320 g/mol. The normalized spacial score (nSPS) is 11.0. The molecule has 0 aliphatic heterocycles. The molecule has 0 aliphatic rings. The Morgan fingerprint density at radius 3 is 1.64 bits per heavy atom. The Labute approximate surface area is 127 Å². The fourth-order valence-electron chi connectivity index (χ4n) is 1.79. The van der Waals surface area contributed by atoms with Crippen LogP contribution >= 0.6 is 0 Å². The number of aromatic carboxylic acids is 1. The lowest BCUT2D eigenvalue weighted by Crippen LogP contribution is -2.11. The Balaban J connectivity index is 2.21. The summed E-state index contributed by atoms with van der Waals surface area (Å²) in [5, 5.41) is 8.84. The van der Waals surface area contributed by atoms with E-state index in [2.05, 4.69) is 4.18 Å². The van der Waals surface area contributed by atoms with E-state index in [0.29, 0.717) is 0 Å². The van der Waals surface area contributed by atoms with Crippen LogP contribution < -0.4 is 0 Å². The van der Waals surface area contributed by atoms with Gasteiger partial charge in [0, 0.05) is 0 Å². The molecule has 0 bridgehead atoms. The van der Waals surface area contributed by atoms with Crippen molar-refractivity contribution in [3.8, 4) is 11.1 Å². The van der Waals surface area contributed by atoms with E-state index in [9.17, 15) is 18.0 Å². The lowest BCUT2D eigenvalue weighted by molar-refractivity contribution is 0.0694. The van der Waals surface area contributed by atoms with Gasteiger partial charge in [0.2, 0.25) is 0 Å². The van der Waals surface area contributed by atoms with E-state index in [4.69, 9.17) is 5.11 Å². The molecule has 0 heterocycles. The third-order valence-corrected chi connectivity index (χ3v) is 3.27. The zero-order valence-electron chi connectivity index (χ0n) is 11.5. The highest BCUT2D eigenvalue weighted by atomic mass is 32.2. The van der Waals surface area contributed by atoms with E-state index in [-0.39, 0.29) is 11.1 Å². The molecule has 0 aromatic heterocycles. The number of carbonyl (C=O) groups excluding carboxylic acids is 1. The van der Waals surface area contributed by atoms with Crippen LogP contribution in [-0.2, 0) is 14.3 Å². The van der Waals surface area contributed by atoms with Gasteiger partial charge in [0.25, 0.3) is 0 Å². The predicted molar refractivity (Wildman–Crippen MR) is 79.1 cm³/mol. The summed E-state index contributed by atoms with van der Waals surface area (Å²) in [6, 6.07) is 12.4. The smallest absolute Gasteiger partial charge is 0.353 e. The summed E-state index contributed by atoms with van der Waals surface area (Å²) in [7, 11) is -3.85. The van der Waals surface area contributed by atoms with Gasteiger partial charge in [-0.05, 0) is 35.4 Å². The molecule has 1 N–H and O–H groups in total. The van der Waals surface area contributed by atoms with Crippen molar-refractivity contribution in [1.29, 1.82) is 0 Å². The minimum absolute atomic E-state index is 0.108. The highest BCUT2D eigenvalue weighted by Gasteiger charge is 2.13. The Hall–Kier alpha value is -2.67. The van der Waals surface area contributed by atoms with Crippen LogP contribution in [0.25, 0.3) is 11.1 Å². The number of carboxylic acid groups (broad SMARTS) is 1. The molecule has 0 atom stereocenters. The maximum absolute atomic E-state index is 11.6. The summed E-state index contributed by atoms with van der Waals surface area (Å²) in [6.07, 6.45) is 0.795. The molecule has 0 radical (unpaired) electrons. The summed E-state index contributed by atoms with van der Waals surface area (Å²) < 4.78 is 26.1. The van der Waals surface area contributed by atoms with Crippen LogP contribution in [0.3, 0.4) is 0 Å². The lowest BCUT2D eigenvalue weighted by Gasteiger charge is -2.05. The first-order chi connectivity index (χ1) is 10.3. The van der Waals surface area contributed by atoms with E-state index in [1.807, 2.05) is 0 Å². The van der Waals surface area contributed by atoms with Crippen molar-refractivity contribution in [2.45, 2.75) is 0 Å². The summed E-state index contributed by atoms with van der Waals surface area (Å²) in [5.41, 5.74) is 1.81. The lowest BCUT2D eigenvalue weighted by atomic mass is 10.0. The van der Waals surface area contributed by atoms with E-state index < -0.39 is 22.1 Å². The highest BCUT2D eigenvalue weighted by Crippen LogP contribution is 2.21. The van der Waals surface area contributed by atoms with Crippen molar-refractivity contribution in [3.63, 3.8) is 0 Å². The molecule has 7 heteroatoms. The van der Waals surface area contributed by atoms with Crippen molar-refractivity contribution in [2.24, 2.45) is 0 Å². The Kier molecular flexibility index (Phi) is 4.27. The first kappa shape index (κ1) is 15.7. The van der Waals surface area contributed by atoms with Crippen LogP contribution in [0.2, 0.25) is 0 Å². The molecule has 2 aromatic carbocycles. The van der Waals surface area contributed by atoms with Crippen molar-refractivity contribution < 1.29 is 27.3 Å². The minimum atomic E-state index is -3.85. The zero-order chi connectivity index (χ0) is 16.3. The third-order valence-electron chi connectivity index (χ3n) is 2.81. The van der Waals surface area contributed by atoms with E-state index in [1.54, 1.807) is 24.3 Å². The van der Waals surface area contributed by atoms with E-state index in [0.717, 1.165) is 17.4 Å². The highest BCUT2D eigenvalue weighted by molar-refractivity contribution is 7.86. The van der Waals surface area contributed by atoms with Crippen molar-refractivity contribution in [3.05, 3.63) is 59.7 Å². The van der Waals surface area contributed by atoms with E-state index in [1.165, 1.54) is 24.3 Å². The van der Waals surface area contributed by atoms with Gasteiger partial charge in [0.15, 0.2) is 0 Å². The molecule has 0 unspecified atom stereocenters. The van der Waals surface area contributed by atoms with Crippen molar-refractivity contribution in [1.82, 2.24) is 0 Å². The van der Waals surface area contributed by atoms with E-state index >= 15 is 0 Å². The number of carboxylic acids is 1. The number of carbonyl (C=O) groups is 2. The second-order valence-corrected chi connectivity index (χ2v) is 6.11. The molecule has 0 saturated heterocycles. The fraction of sp³-hybridized carbons (Fsp3) is 0.0667. The average Bonchev–Trinajstić information content (AvgIpc) is 2.46. The topological polar surface area (TPSA) is 97.7 Å². The first-order valence-electron chi connectivity index (χ1n) is 6.14. The summed E-state index contributed by atoms with van der Waals surface area (Å²) >= 11 is 0. The fourth-order valence-corrected chi connectivity index (χ4v) is 2.16. The third kappa shape index (κ3) is 3.92. The van der Waals surface area contributed by atoms with Crippen LogP contribution in [0.4, 0.5) is 0 Å². The molecule has 2 rings (SSSR count). The van der Waals surface area contributed by atoms with Crippen LogP contribution in [0.5, 0.6) is 0 Å². The van der Waals surface area contributed by atoms with Crippen LogP contribution in [0.1, 0.15) is 20.7 Å². The van der Waals surface area contributed by atoms with Crippen LogP contribution in [0, 0.1) is 0 Å². The maximum atomic E-state index is 11.6. The molecule has 22 heavy (non-hydrogen) atoms. The number of benzene rings is 2. The molecular formula is C15H12O6S. The monoisotopic (exact) mass is 320 g/mol. The summed E-state index contributed by atoms with van der Waals surface area (Å²) in [6.45, 7) is 0. The number of rotatable bonds is 4. The molecule has 6 nitrogen and oxygen atoms in total. The second-order valence-electron chi connectivity index (χ2n) is 4.53.